The quantitative estimate of drug-likeness (QED) is 0.646. The Morgan fingerprint density at radius 2 is 1.70 bits per heavy atom. The average Bonchev–Trinajstić information content (AvgIpc) is 2.88. The first-order valence-electron chi connectivity index (χ1n) is 12.2. The lowest BCUT2D eigenvalue weighted by Gasteiger charge is -2.42. The van der Waals surface area contributed by atoms with Gasteiger partial charge in [-0.15, -0.1) is 10.2 Å². The van der Waals surface area contributed by atoms with E-state index in [4.69, 9.17) is 0 Å². The van der Waals surface area contributed by atoms with Gasteiger partial charge in [0.25, 0.3) is 0 Å². The molecule has 2 heterocycles. The SMILES string of the molecule is CC1CN(C(=O)C2CCCCC2)CCN1c1nnc(-c2ccc(CO)cc2)c2ccccc12. The van der Waals surface area contributed by atoms with Crippen LogP contribution in [0.15, 0.2) is 48.5 Å². The highest BCUT2D eigenvalue weighted by molar-refractivity contribution is 6.00. The molecule has 1 amide bonds. The van der Waals surface area contributed by atoms with Crippen molar-refractivity contribution in [2.75, 3.05) is 24.5 Å². The van der Waals surface area contributed by atoms with E-state index in [9.17, 15) is 9.90 Å². The van der Waals surface area contributed by atoms with E-state index in [0.29, 0.717) is 5.91 Å². The minimum atomic E-state index is 0.0265. The van der Waals surface area contributed by atoms with E-state index in [-0.39, 0.29) is 18.6 Å². The van der Waals surface area contributed by atoms with Gasteiger partial charge in [0.1, 0.15) is 5.69 Å². The van der Waals surface area contributed by atoms with Crippen LogP contribution in [0.1, 0.15) is 44.6 Å². The normalized spacial score (nSPS) is 19.8. The van der Waals surface area contributed by atoms with E-state index in [1.807, 2.05) is 36.4 Å². The van der Waals surface area contributed by atoms with E-state index in [0.717, 1.165) is 65.9 Å². The van der Waals surface area contributed by atoms with E-state index in [1.54, 1.807) is 0 Å². The molecule has 1 N–H and O–H groups in total. The summed E-state index contributed by atoms with van der Waals surface area (Å²) in [6, 6.07) is 16.3. The lowest BCUT2D eigenvalue weighted by atomic mass is 9.88. The maximum Gasteiger partial charge on any atom is 0.225 e. The Hall–Kier alpha value is -2.99. The Kier molecular flexibility index (Phi) is 6.27. The van der Waals surface area contributed by atoms with Crippen LogP contribution < -0.4 is 4.90 Å². The molecule has 1 saturated carbocycles. The summed E-state index contributed by atoms with van der Waals surface area (Å²) >= 11 is 0. The molecule has 1 atom stereocenters. The van der Waals surface area contributed by atoms with Gasteiger partial charge in [0, 0.05) is 47.9 Å². The minimum absolute atomic E-state index is 0.0265. The third kappa shape index (κ3) is 4.32. The van der Waals surface area contributed by atoms with Crippen LogP contribution in [0, 0.1) is 5.92 Å². The fourth-order valence-corrected chi connectivity index (χ4v) is 5.36. The summed E-state index contributed by atoms with van der Waals surface area (Å²) in [5, 5.41) is 20.8. The number of rotatable bonds is 4. The van der Waals surface area contributed by atoms with Crippen LogP contribution in [0.2, 0.25) is 0 Å². The summed E-state index contributed by atoms with van der Waals surface area (Å²) in [6.07, 6.45) is 5.72. The first-order valence-corrected chi connectivity index (χ1v) is 12.2. The molecule has 1 aromatic heterocycles. The number of aliphatic hydroxyl groups excluding tert-OH is 1. The van der Waals surface area contributed by atoms with Crippen molar-refractivity contribution < 1.29 is 9.90 Å². The van der Waals surface area contributed by atoms with Crippen LogP contribution in [-0.2, 0) is 11.4 Å². The van der Waals surface area contributed by atoms with Crippen molar-refractivity contribution in [3.05, 3.63) is 54.1 Å². The predicted molar refractivity (Wildman–Crippen MR) is 131 cm³/mol. The Morgan fingerprint density at radius 3 is 2.39 bits per heavy atom. The van der Waals surface area contributed by atoms with Crippen molar-refractivity contribution in [1.82, 2.24) is 15.1 Å². The second kappa shape index (κ2) is 9.48. The molecule has 1 unspecified atom stereocenters. The third-order valence-electron chi connectivity index (χ3n) is 7.24. The highest BCUT2D eigenvalue weighted by Gasteiger charge is 2.32. The van der Waals surface area contributed by atoms with Crippen molar-refractivity contribution in [3.63, 3.8) is 0 Å². The molecule has 172 valence electrons. The highest BCUT2D eigenvalue weighted by Crippen LogP contribution is 2.33. The molecular formula is C27H32N4O2. The molecule has 1 saturated heterocycles. The number of hydrogen-bond acceptors (Lipinski definition) is 5. The van der Waals surface area contributed by atoms with E-state index < -0.39 is 0 Å². The summed E-state index contributed by atoms with van der Waals surface area (Å²) in [5.74, 6) is 1.45. The molecule has 5 rings (SSSR count). The zero-order valence-corrected chi connectivity index (χ0v) is 19.3. The number of fused-ring (bicyclic) bond motifs is 1. The largest absolute Gasteiger partial charge is 0.392 e. The third-order valence-corrected chi connectivity index (χ3v) is 7.24. The van der Waals surface area contributed by atoms with Gasteiger partial charge < -0.3 is 14.9 Å². The second-order valence-electron chi connectivity index (χ2n) is 9.43. The molecule has 6 nitrogen and oxygen atoms in total. The molecule has 1 aliphatic carbocycles. The van der Waals surface area contributed by atoms with Gasteiger partial charge in [-0.3, -0.25) is 4.79 Å². The van der Waals surface area contributed by atoms with Gasteiger partial charge in [0.2, 0.25) is 5.91 Å². The average molecular weight is 445 g/mol. The molecule has 0 bridgehead atoms. The summed E-state index contributed by atoms with van der Waals surface area (Å²) in [6.45, 7) is 4.44. The van der Waals surface area contributed by atoms with Crippen molar-refractivity contribution in [1.29, 1.82) is 0 Å². The van der Waals surface area contributed by atoms with Gasteiger partial charge in [-0.1, -0.05) is 67.8 Å². The Labute approximate surface area is 195 Å². The van der Waals surface area contributed by atoms with Crippen LogP contribution in [0.25, 0.3) is 22.0 Å². The number of benzene rings is 2. The number of amides is 1. The molecule has 1 aliphatic heterocycles. The number of aliphatic hydroxyl groups is 1. The lowest BCUT2D eigenvalue weighted by molar-refractivity contribution is -0.137. The minimum Gasteiger partial charge on any atom is -0.392 e. The van der Waals surface area contributed by atoms with Crippen LogP contribution in [-0.4, -0.2) is 51.8 Å². The van der Waals surface area contributed by atoms with Gasteiger partial charge >= 0.3 is 0 Å². The molecular weight excluding hydrogens is 412 g/mol. The zero-order chi connectivity index (χ0) is 22.8. The first kappa shape index (κ1) is 21.8. The monoisotopic (exact) mass is 444 g/mol. The van der Waals surface area contributed by atoms with Crippen LogP contribution >= 0.6 is 0 Å². The standard InChI is InChI=1S/C27H32N4O2/c1-19-17-30(27(33)22-7-3-2-4-8-22)15-16-31(19)26-24-10-6-5-9-23(24)25(28-29-26)21-13-11-20(18-32)12-14-21/h5-6,9-14,19,22,32H,2-4,7-8,15-18H2,1H3. The van der Waals surface area contributed by atoms with Crippen molar-refractivity contribution in [2.24, 2.45) is 5.92 Å². The number of piperazine rings is 1. The fraction of sp³-hybridized carbons (Fsp3) is 0.444. The van der Waals surface area contributed by atoms with Crippen LogP contribution in [0.3, 0.4) is 0 Å². The summed E-state index contributed by atoms with van der Waals surface area (Å²) in [7, 11) is 0. The molecule has 2 aromatic carbocycles. The molecule has 2 aliphatic rings. The van der Waals surface area contributed by atoms with Crippen molar-refractivity contribution >= 4 is 22.5 Å². The zero-order valence-electron chi connectivity index (χ0n) is 19.3. The molecule has 2 fully saturated rings. The van der Waals surface area contributed by atoms with Gasteiger partial charge in [-0.2, -0.15) is 0 Å². The summed E-state index contributed by atoms with van der Waals surface area (Å²) in [4.78, 5) is 17.4. The van der Waals surface area contributed by atoms with Gasteiger partial charge in [-0.25, -0.2) is 0 Å². The molecule has 0 radical (unpaired) electrons. The smallest absolute Gasteiger partial charge is 0.225 e. The maximum atomic E-state index is 13.1. The predicted octanol–water partition coefficient (Wildman–Crippen LogP) is 4.41. The van der Waals surface area contributed by atoms with Crippen molar-refractivity contribution in [3.8, 4) is 11.3 Å². The fourth-order valence-electron chi connectivity index (χ4n) is 5.36. The topological polar surface area (TPSA) is 69.6 Å². The number of carbonyl (C=O) groups is 1. The van der Waals surface area contributed by atoms with Gasteiger partial charge in [-0.05, 0) is 25.3 Å². The molecule has 6 heteroatoms. The highest BCUT2D eigenvalue weighted by atomic mass is 16.3. The number of hydrogen-bond donors (Lipinski definition) is 1. The number of carbonyl (C=O) groups excluding carboxylic acids is 1. The van der Waals surface area contributed by atoms with Crippen LogP contribution in [0.4, 0.5) is 5.82 Å². The number of nitrogens with zero attached hydrogens (tertiary/aromatic N) is 4. The Bertz CT molecular complexity index is 1120. The molecule has 0 spiro atoms. The van der Waals surface area contributed by atoms with Gasteiger partial charge in [0.05, 0.1) is 6.61 Å². The first-order chi connectivity index (χ1) is 16.2. The Balaban J connectivity index is 1.40. The molecule has 3 aromatic rings. The van der Waals surface area contributed by atoms with Gasteiger partial charge in [0.15, 0.2) is 5.82 Å². The second-order valence-corrected chi connectivity index (χ2v) is 9.43. The van der Waals surface area contributed by atoms with E-state index >= 15 is 0 Å². The van der Waals surface area contributed by atoms with E-state index in [1.165, 1.54) is 19.3 Å². The summed E-state index contributed by atoms with van der Waals surface area (Å²) in [5.41, 5.74) is 2.71. The lowest BCUT2D eigenvalue weighted by Crippen LogP contribution is -2.55. The van der Waals surface area contributed by atoms with Crippen molar-refractivity contribution in [2.45, 2.75) is 51.7 Å². The number of aromatic nitrogens is 2. The number of anilines is 1. The van der Waals surface area contributed by atoms with Crippen LogP contribution in [0.5, 0.6) is 0 Å². The Morgan fingerprint density at radius 1 is 0.970 bits per heavy atom. The maximum absolute atomic E-state index is 13.1. The molecule has 33 heavy (non-hydrogen) atoms. The summed E-state index contributed by atoms with van der Waals surface area (Å²) < 4.78 is 0. The van der Waals surface area contributed by atoms with E-state index in [2.05, 4.69) is 39.1 Å².